The number of anilines is 2. The summed E-state index contributed by atoms with van der Waals surface area (Å²) >= 11 is 0. The molecule has 18 heteroatoms. The summed E-state index contributed by atoms with van der Waals surface area (Å²) in [5, 5.41) is 29.9. The minimum Gasteiger partial charge on any atom is -0.491 e. The Morgan fingerprint density at radius 3 is 1.44 bits per heavy atom. The van der Waals surface area contributed by atoms with Gasteiger partial charge in [-0.05, 0) is 25.0 Å². The molecule has 18 nitrogen and oxygen atoms in total. The molecule has 2 aromatic carbocycles. The van der Waals surface area contributed by atoms with Crippen LogP contribution in [0.4, 0.5) is 22.7 Å². The van der Waals surface area contributed by atoms with E-state index in [0.717, 1.165) is 51.4 Å². The largest absolute Gasteiger partial charge is 0.491 e. The van der Waals surface area contributed by atoms with Crippen molar-refractivity contribution in [3.8, 4) is 11.5 Å². The van der Waals surface area contributed by atoms with Crippen molar-refractivity contribution in [1.29, 1.82) is 0 Å². The molecule has 2 saturated heterocycles. The van der Waals surface area contributed by atoms with Gasteiger partial charge < -0.3 is 41.0 Å². The summed E-state index contributed by atoms with van der Waals surface area (Å²) in [4.78, 5) is 50.9. The lowest BCUT2D eigenvalue weighted by Gasteiger charge is -2.26. The molecule has 0 aliphatic carbocycles. The fourth-order valence-corrected chi connectivity index (χ4v) is 5.44. The number of nitrogens with one attached hydrogen (secondary N) is 2. The van der Waals surface area contributed by atoms with Crippen LogP contribution in [-0.2, 0) is 9.47 Å². The molecular weight excluding hydrogens is 656 g/mol. The number of ether oxygens (including phenoxy) is 4. The first kappa shape index (κ1) is 37.8. The van der Waals surface area contributed by atoms with Crippen molar-refractivity contribution in [1.82, 2.24) is 9.80 Å². The Hall–Kier alpha value is -5.04. The van der Waals surface area contributed by atoms with Crippen molar-refractivity contribution in [3.05, 3.63) is 67.8 Å². The quantitative estimate of drug-likeness (QED) is 0.0669. The number of nitro benzene ring substituents is 2. The molecule has 0 atom stereocenters. The maximum Gasteiger partial charge on any atom is 0.296 e. The van der Waals surface area contributed by atoms with Crippen LogP contribution in [0.5, 0.6) is 11.5 Å². The lowest BCUT2D eigenvalue weighted by Crippen LogP contribution is -2.37. The Kier molecular flexibility index (Phi) is 14.5. The fraction of sp³-hybridized carbons (Fsp3) is 0.500. The van der Waals surface area contributed by atoms with Gasteiger partial charge in [-0.1, -0.05) is 12.2 Å². The van der Waals surface area contributed by atoms with E-state index in [1.54, 1.807) is 12.2 Å². The third-order valence-corrected chi connectivity index (χ3v) is 8.05. The molecule has 2 fully saturated rings. The molecule has 50 heavy (non-hydrogen) atoms. The van der Waals surface area contributed by atoms with Crippen LogP contribution in [0.15, 0.2) is 36.4 Å². The van der Waals surface area contributed by atoms with Crippen molar-refractivity contribution < 1.29 is 38.4 Å². The van der Waals surface area contributed by atoms with Crippen molar-refractivity contribution in [2.24, 2.45) is 11.5 Å². The fourth-order valence-electron chi connectivity index (χ4n) is 5.44. The van der Waals surface area contributed by atoms with E-state index in [2.05, 4.69) is 20.4 Å². The second kappa shape index (κ2) is 19.2. The Morgan fingerprint density at radius 1 is 0.720 bits per heavy atom. The number of amides is 2. The molecule has 6 N–H and O–H groups in total. The zero-order chi connectivity index (χ0) is 35.9. The standard InChI is InChI=1S/C32H44N8O10/c33-31(41)23-19-25(39(43)44)29(27(21-23)49-13-3-7-37-9-15-47-16-10-37)35-5-1-2-6-36-30-26(40(45)46)20-24(32(34)42)22-28(30)50-14-4-8-38-11-17-48-18-12-38/h1-2,19-22,35-36H,3-18H2,(H2,33,41)(H2,34,42). The van der Waals surface area contributed by atoms with Gasteiger partial charge in [0.25, 0.3) is 11.4 Å². The first-order valence-electron chi connectivity index (χ1n) is 16.4. The van der Waals surface area contributed by atoms with Crippen LogP contribution in [-0.4, -0.2) is 123 Å². The van der Waals surface area contributed by atoms with Crippen LogP contribution in [0.1, 0.15) is 33.6 Å². The Balaban J connectivity index is 1.40. The molecule has 2 amide bonds. The molecule has 2 aliphatic rings. The number of hydrogen-bond donors (Lipinski definition) is 4. The van der Waals surface area contributed by atoms with Crippen molar-refractivity contribution in [2.45, 2.75) is 12.8 Å². The summed E-state index contributed by atoms with van der Waals surface area (Å²) in [6.07, 6.45) is 4.61. The minimum absolute atomic E-state index is 0.0618. The van der Waals surface area contributed by atoms with E-state index < -0.39 is 21.7 Å². The first-order valence-corrected chi connectivity index (χ1v) is 16.4. The van der Waals surface area contributed by atoms with E-state index >= 15 is 0 Å². The van der Waals surface area contributed by atoms with E-state index in [9.17, 15) is 29.8 Å². The lowest BCUT2D eigenvalue weighted by molar-refractivity contribution is -0.384. The number of morpholine rings is 2. The van der Waals surface area contributed by atoms with Crippen LogP contribution < -0.4 is 31.6 Å². The molecule has 0 spiro atoms. The number of carbonyl (C=O) groups excluding carboxylic acids is 2. The van der Waals surface area contributed by atoms with E-state index in [4.69, 9.17) is 30.4 Å². The topological polar surface area (TPSA) is 240 Å². The molecule has 2 heterocycles. The monoisotopic (exact) mass is 700 g/mol. The zero-order valence-electron chi connectivity index (χ0n) is 27.8. The molecule has 4 rings (SSSR count). The zero-order valence-corrected chi connectivity index (χ0v) is 27.8. The molecule has 0 radical (unpaired) electrons. The van der Waals surface area contributed by atoms with Crippen LogP contribution in [0.2, 0.25) is 0 Å². The van der Waals surface area contributed by atoms with Gasteiger partial charge in [-0.15, -0.1) is 0 Å². The van der Waals surface area contributed by atoms with E-state index in [1.165, 1.54) is 12.1 Å². The number of benzene rings is 2. The van der Waals surface area contributed by atoms with Crippen LogP contribution >= 0.6 is 0 Å². The van der Waals surface area contributed by atoms with Gasteiger partial charge in [-0.3, -0.25) is 39.6 Å². The third kappa shape index (κ3) is 11.3. The number of nitrogens with two attached hydrogens (primary N) is 2. The van der Waals surface area contributed by atoms with Crippen molar-refractivity contribution >= 4 is 34.6 Å². The van der Waals surface area contributed by atoms with Crippen LogP contribution in [0.3, 0.4) is 0 Å². The van der Waals surface area contributed by atoms with Gasteiger partial charge in [0.05, 0.1) is 49.5 Å². The van der Waals surface area contributed by atoms with Gasteiger partial charge in [-0.2, -0.15) is 0 Å². The highest BCUT2D eigenvalue weighted by atomic mass is 16.6. The van der Waals surface area contributed by atoms with Crippen molar-refractivity contribution in [3.63, 3.8) is 0 Å². The average molecular weight is 701 g/mol. The number of nitro groups is 2. The maximum atomic E-state index is 11.9. The summed E-state index contributed by atoms with van der Waals surface area (Å²) in [5.41, 5.74) is 10.1. The summed E-state index contributed by atoms with van der Waals surface area (Å²) in [5.74, 6) is -1.44. The van der Waals surface area contributed by atoms with Gasteiger partial charge in [0.15, 0.2) is 11.4 Å². The van der Waals surface area contributed by atoms with Gasteiger partial charge in [0.2, 0.25) is 11.8 Å². The van der Waals surface area contributed by atoms with Crippen molar-refractivity contribution in [2.75, 3.05) is 103 Å². The molecule has 2 aromatic rings. The molecular formula is C32H44N8O10. The smallest absolute Gasteiger partial charge is 0.296 e. The predicted molar refractivity (Wildman–Crippen MR) is 184 cm³/mol. The van der Waals surface area contributed by atoms with Gasteiger partial charge in [0, 0.05) is 75.6 Å². The molecule has 2 aliphatic heterocycles. The highest BCUT2D eigenvalue weighted by Gasteiger charge is 2.24. The highest BCUT2D eigenvalue weighted by Crippen LogP contribution is 2.37. The van der Waals surface area contributed by atoms with Crippen LogP contribution in [0, 0.1) is 20.2 Å². The molecule has 0 saturated carbocycles. The lowest BCUT2D eigenvalue weighted by atomic mass is 10.1. The van der Waals surface area contributed by atoms with E-state index in [1.807, 2.05) is 0 Å². The highest BCUT2D eigenvalue weighted by molar-refractivity contribution is 5.96. The number of primary amides is 2. The maximum absolute atomic E-state index is 11.9. The molecule has 0 bridgehead atoms. The third-order valence-electron chi connectivity index (χ3n) is 8.05. The number of carbonyl (C=O) groups is 2. The van der Waals surface area contributed by atoms with E-state index in [-0.39, 0.29) is 71.7 Å². The minimum atomic E-state index is -0.831. The van der Waals surface area contributed by atoms with Gasteiger partial charge in [-0.25, -0.2) is 0 Å². The predicted octanol–water partition coefficient (Wildman–Crippen LogP) is 1.98. The van der Waals surface area contributed by atoms with E-state index in [0.29, 0.717) is 39.3 Å². The van der Waals surface area contributed by atoms with Gasteiger partial charge in [0.1, 0.15) is 11.5 Å². The Bertz CT molecular complexity index is 1420. The molecule has 0 unspecified atom stereocenters. The molecule has 272 valence electrons. The van der Waals surface area contributed by atoms with Crippen LogP contribution in [0.25, 0.3) is 0 Å². The second-order valence-electron chi connectivity index (χ2n) is 11.5. The molecule has 0 aromatic heterocycles. The average Bonchev–Trinajstić information content (AvgIpc) is 3.10. The Labute approximate surface area is 288 Å². The summed E-state index contributed by atoms with van der Waals surface area (Å²) < 4.78 is 22.5. The van der Waals surface area contributed by atoms with Gasteiger partial charge >= 0.3 is 0 Å². The normalized spacial score (nSPS) is 15.4. The summed E-state index contributed by atoms with van der Waals surface area (Å²) in [7, 11) is 0. The first-order chi connectivity index (χ1) is 24.1. The summed E-state index contributed by atoms with van der Waals surface area (Å²) in [6.45, 7) is 8.11. The number of rotatable bonds is 20. The number of hydrogen-bond acceptors (Lipinski definition) is 14. The Morgan fingerprint density at radius 2 is 1.10 bits per heavy atom. The number of nitrogens with zero attached hydrogens (tertiary/aromatic N) is 4. The second-order valence-corrected chi connectivity index (χ2v) is 11.5. The summed E-state index contributed by atoms with van der Waals surface area (Å²) in [6, 6.07) is 4.92. The SMILES string of the molecule is NC(=O)c1cc(OCCCN2CCOCC2)c(NCC=CCNc2c(OCCCN3CCOCC3)cc(C(N)=O)cc2[N+](=O)[O-])c([N+](=O)[O-])c1.